The van der Waals surface area contributed by atoms with Crippen LogP contribution in [-0.2, 0) is 6.54 Å². The first kappa shape index (κ1) is 14.9. The first-order chi connectivity index (χ1) is 8.74. The van der Waals surface area contributed by atoms with Gasteiger partial charge in [0, 0.05) is 18.3 Å². The molecule has 0 saturated heterocycles. The fourth-order valence-corrected chi connectivity index (χ4v) is 1.69. The second kappa shape index (κ2) is 8.89. The number of rotatable bonds is 9. The Labute approximate surface area is 110 Å². The van der Waals surface area contributed by atoms with E-state index in [0.29, 0.717) is 5.88 Å². The molecular weight excluding hydrogens is 226 g/mol. The largest absolute Gasteiger partial charge is 0.481 e. The number of aromatic nitrogens is 1. The molecule has 0 aliphatic rings. The standard InChI is InChI=1S/C14H25N3O/c1-12(2)10-15-7-5-8-16-11-13-6-4-9-17-14(13)18-3/h4,6,9,12,15-16H,5,7-8,10-11H2,1-3H3. The molecule has 18 heavy (non-hydrogen) atoms. The number of nitrogens with zero attached hydrogens (tertiary/aromatic N) is 1. The Balaban J connectivity index is 2.10. The highest BCUT2D eigenvalue weighted by Gasteiger charge is 2.01. The molecule has 1 aromatic rings. The first-order valence-corrected chi connectivity index (χ1v) is 6.63. The molecule has 0 bridgehead atoms. The maximum absolute atomic E-state index is 5.20. The fraction of sp³-hybridized carbons (Fsp3) is 0.643. The summed E-state index contributed by atoms with van der Waals surface area (Å²) in [5, 5.41) is 6.83. The van der Waals surface area contributed by atoms with E-state index < -0.39 is 0 Å². The lowest BCUT2D eigenvalue weighted by Crippen LogP contribution is -2.24. The van der Waals surface area contributed by atoms with Crippen molar-refractivity contribution in [2.75, 3.05) is 26.7 Å². The Morgan fingerprint density at radius 2 is 2.06 bits per heavy atom. The van der Waals surface area contributed by atoms with E-state index in [1.807, 2.05) is 12.1 Å². The number of hydrogen-bond donors (Lipinski definition) is 2. The highest BCUT2D eigenvalue weighted by molar-refractivity contribution is 5.24. The molecule has 0 amide bonds. The molecule has 102 valence electrons. The van der Waals surface area contributed by atoms with Gasteiger partial charge in [-0.05, 0) is 38.0 Å². The van der Waals surface area contributed by atoms with E-state index in [1.165, 1.54) is 0 Å². The predicted octanol–water partition coefficient (Wildman–Crippen LogP) is 1.82. The van der Waals surface area contributed by atoms with Gasteiger partial charge < -0.3 is 15.4 Å². The van der Waals surface area contributed by atoms with Crippen LogP contribution < -0.4 is 15.4 Å². The third-order valence-electron chi connectivity index (χ3n) is 2.62. The Kier molecular flexibility index (Phi) is 7.37. The van der Waals surface area contributed by atoms with Crippen LogP contribution in [0.25, 0.3) is 0 Å². The number of ether oxygens (including phenoxy) is 1. The summed E-state index contributed by atoms with van der Waals surface area (Å²) >= 11 is 0. The van der Waals surface area contributed by atoms with Crippen LogP contribution in [0.2, 0.25) is 0 Å². The van der Waals surface area contributed by atoms with Crippen molar-refractivity contribution in [3.05, 3.63) is 23.9 Å². The van der Waals surface area contributed by atoms with Gasteiger partial charge in [0.15, 0.2) is 0 Å². The van der Waals surface area contributed by atoms with Crippen LogP contribution in [-0.4, -0.2) is 31.7 Å². The van der Waals surface area contributed by atoms with Crippen molar-refractivity contribution in [2.45, 2.75) is 26.8 Å². The molecule has 0 unspecified atom stereocenters. The molecule has 0 radical (unpaired) electrons. The van der Waals surface area contributed by atoms with Crippen molar-refractivity contribution in [2.24, 2.45) is 5.92 Å². The van der Waals surface area contributed by atoms with Crippen LogP contribution in [0.3, 0.4) is 0 Å². The van der Waals surface area contributed by atoms with Crippen LogP contribution >= 0.6 is 0 Å². The summed E-state index contributed by atoms with van der Waals surface area (Å²) in [6, 6.07) is 3.97. The van der Waals surface area contributed by atoms with Gasteiger partial charge in [-0.1, -0.05) is 19.9 Å². The minimum atomic E-state index is 0.711. The third kappa shape index (κ3) is 5.98. The van der Waals surface area contributed by atoms with Gasteiger partial charge in [-0.15, -0.1) is 0 Å². The average Bonchev–Trinajstić information content (AvgIpc) is 2.37. The smallest absolute Gasteiger partial charge is 0.217 e. The number of nitrogens with one attached hydrogen (secondary N) is 2. The molecule has 0 aliphatic carbocycles. The van der Waals surface area contributed by atoms with Gasteiger partial charge in [-0.2, -0.15) is 0 Å². The minimum absolute atomic E-state index is 0.711. The number of pyridine rings is 1. The Morgan fingerprint density at radius 1 is 1.28 bits per heavy atom. The first-order valence-electron chi connectivity index (χ1n) is 6.63. The summed E-state index contributed by atoms with van der Waals surface area (Å²) < 4.78 is 5.20. The SMILES string of the molecule is COc1ncccc1CNCCCNCC(C)C. The zero-order chi connectivity index (χ0) is 13.2. The van der Waals surface area contributed by atoms with Gasteiger partial charge in [-0.25, -0.2) is 4.98 Å². The van der Waals surface area contributed by atoms with Crippen molar-refractivity contribution < 1.29 is 4.74 Å². The van der Waals surface area contributed by atoms with E-state index in [9.17, 15) is 0 Å². The van der Waals surface area contributed by atoms with Crippen molar-refractivity contribution in [1.82, 2.24) is 15.6 Å². The predicted molar refractivity (Wildman–Crippen MR) is 74.8 cm³/mol. The lowest BCUT2D eigenvalue weighted by Gasteiger charge is -2.09. The van der Waals surface area contributed by atoms with E-state index in [0.717, 1.165) is 44.1 Å². The zero-order valence-corrected chi connectivity index (χ0v) is 11.7. The maximum Gasteiger partial charge on any atom is 0.217 e. The summed E-state index contributed by atoms with van der Waals surface area (Å²) in [4.78, 5) is 4.17. The summed E-state index contributed by atoms with van der Waals surface area (Å²) in [7, 11) is 1.65. The Bertz CT molecular complexity index is 329. The minimum Gasteiger partial charge on any atom is -0.481 e. The topological polar surface area (TPSA) is 46.2 Å². The van der Waals surface area contributed by atoms with E-state index in [1.54, 1.807) is 13.3 Å². The van der Waals surface area contributed by atoms with Crippen LogP contribution in [0.1, 0.15) is 25.8 Å². The number of hydrogen-bond acceptors (Lipinski definition) is 4. The van der Waals surface area contributed by atoms with Gasteiger partial charge >= 0.3 is 0 Å². The second-order valence-electron chi connectivity index (χ2n) is 4.80. The van der Waals surface area contributed by atoms with E-state index in [4.69, 9.17) is 4.74 Å². The van der Waals surface area contributed by atoms with Crippen molar-refractivity contribution in [3.63, 3.8) is 0 Å². The lowest BCUT2D eigenvalue weighted by atomic mass is 10.2. The normalized spacial score (nSPS) is 10.9. The van der Waals surface area contributed by atoms with Crippen LogP contribution in [0.5, 0.6) is 5.88 Å². The van der Waals surface area contributed by atoms with Crippen molar-refractivity contribution >= 4 is 0 Å². The molecule has 2 N–H and O–H groups in total. The molecule has 1 heterocycles. The average molecular weight is 251 g/mol. The van der Waals surface area contributed by atoms with Crippen LogP contribution in [0, 0.1) is 5.92 Å². The van der Waals surface area contributed by atoms with Crippen LogP contribution in [0.15, 0.2) is 18.3 Å². The summed E-state index contributed by atoms with van der Waals surface area (Å²) in [6.07, 6.45) is 2.88. The molecule has 4 heteroatoms. The molecule has 0 atom stereocenters. The summed E-state index contributed by atoms with van der Waals surface area (Å²) in [5.41, 5.74) is 1.11. The van der Waals surface area contributed by atoms with E-state index in [2.05, 4.69) is 29.5 Å². The van der Waals surface area contributed by atoms with Gasteiger partial charge in [0.2, 0.25) is 5.88 Å². The van der Waals surface area contributed by atoms with Gasteiger partial charge in [0.1, 0.15) is 0 Å². The summed E-state index contributed by atoms with van der Waals surface area (Å²) in [5.74, 6) is 1.43. The van der Waals surface area contributed by atoms with Crippen molar-refractivity contribution in [1.29, 1.82) is 0 Å². The molecule has 0 aliphatic heterocycles. The quantitative estimate of drug-likeness (QED) is 0.657. The molecule has 0 fully saturated rings. The second-order valence-corrected chi connectivity index (χ2v) is 4.80. The van der Waals surface area contributed by atoms with Crippen LogP contribution in [0.4, 0.5) is 0 Å². The molecule has 0 spiro atoms. The molecule has 1 aromatic heterocycles. The molecule has 0 saturated carbocycles. The zero-order valence-electron chi connectivity index (χ0n) is 11.7. The highest BCUT2D eigenvalue weighted by atomic mass is 16.5. The Hall–Kier alpha value is -1.13. The van der Waals surface area contributed by atoms with E-state index >= 15 is 0 Å². The molecular formula is C14H25N3O. The van der Waals surface area contributed by atoms with E-state index in [-0.39, 0.29) is 0 Å². The third-order valence-corrected chi connectivity index (χ3v) is 2.62. The highest BCUT2D eigenvalue weighted by Crippen LogP contribution is 2.12. The molecule has 4 nitrogen and oxygen atoms in total. The monoisotopic (exact) mass is 251 g/mol. The van der Waals surface area contributed by atoms with Crippen molar-refractivity contribution in [3.8, 4) is 5.88 Å². The lowest BCUT2D eigenvalue weighted by molar-refractivity contribution is 0.390. The van der Waals surface area contributed by atoms with Gasteiger partial charge in [0.25, 0.3) is 0 Å². The van der Waals surface area contributed by atoms with Gasteiger partial charge in [-0.3, -0.25) is 0 Å². The fourth-order valence-electron chi connectivity index (χ4n) is 1.69. The number of methoxy groups -OCH3 is 1. The van der Waals surface area contributed by atoms with Gasteiger partial charge in [0.05, 0.1) is 7.11 Å². The summed E-state index contributed by atoms with van der Waals surface area (Å²) in [6.45, 7) is 8.41. The molecule has 0 aromatic carbocycles. The maximum atomic E-state index is 5.20. The molecule has 1 rings (SSSR count). The Morgan fingerprint density at radius 3 is 2.78 bits per heavy atom.